The normalized spacial score (nSPS) is 11.5. The number of benzene rings is 2. The van der Waals surface area contributed by atoms with Gasteiger partial charge in [-0.15, -0.1) is 0 Å². The maximum absolute atomic E-state index is 12.4. The van der Waals surface area contributed by atoms with Crippen molar-refractivity contribution in [3.63, 3.8) is 0 Å². The summed E-state index contributed by atoms with van der Waals surface area (Å²) in [5.74, 6) is 0.254. The Labute approximate surface area is 148 Å². The zero-order valence-electron chi connectivity index (χ0n) is 14.7. The zero-order valence-corrected chi connectivity index (χ0v) is 14.7. The fourth-order valence-corrected chi connectivity index (χ4v) is 2.44. The third kappa shape index (κ3) is 5.64. The van der Waals surface area contributed by atoms with Crippen LogP contribution in [0.2, 0.25) is 0 Å². The highest BCUT2D eigenvalue weighted by Crippen LogP contribution is 2.27. The smallest absolute Gasteiger partial charge is 0.313 e. The van der Waals surface area contributed by atoms with Crippen molar-refractivity contribution in [1.82, 2.24) is 5.32 Å². The molecule has 2 aromatic rings. The number of para-hydroxylation sites is 2. The van der Waals surface area contributed by atoms with E-state index in [2.05, 4.69) is 5.32 Å². The minimum absolute atomic E-state index is 0.0309. The topological polar surface area (TPSA) is 64.6 Å². The quantitative estimate of drug-likeness (QED) is 0.618. The van der Waals surface area contributed by atoms with Crippen molar-refractivity contribution >= 4 is 11.9 Å². The van der Waals surface area contributed by atoms with E-state index in [4.69, 9.17) is 9.47 Å². The fraction of sp³-hybridized carbons (Fsp3) is 0.300. The molecule has 1 amide bonds. The highest BCUT2D eigenvalue weighted by atomic mass is 16.6. The lowest BCUT2D eigenvalue weighted by Crippen LogP contribution is -2.29. The molecule has 1 atom stereocenters. The molecule has 0 radical (unpaired) electrons. The second-order valence-corrected chi connectivity index (χ2v) is 5.72. The van der Waals surface area contributed by atoms with Gasteiger partial charge in [0.2, 0.25) is 5.91 Å². The van der Waals surface area contributed by atoms with Gasteiger partial charge < -0.3 is 14.8 Å². The van der Waals surface area contributed by atoms with Crippen LogP contribution >= 0.6 is 0 Å². The number of hydrogen-bond acceptors (Lipinski definition) is 4. The largest absolute Gasteiger partial charge is 0.490 e. The second-order valence-electron chi connectivity index (χ2n) is 5.72. The molecule has 0 saturated heterocycles. The van der Waals surface area contributed by atoms with Gasteiger partial charge in [0.25, 0.3) is 0 Å². The van der Waals surface area contributed by atoms with Gasteiger partial charge in [-0.25, -0.2) is 0 Å². The SMILES string of the molecule is CCOc1ccccc1OC(=O)CC(NC(C)=O)c1ccc(C)cc1. The number of ether oxygens (including phenoxy) is 2. The van der Waals surface area contributed by atoms with Gasteiger partial charge in [-0.05, 0) is 31.5 Å². The van der Waals surface area contributed by atoms with E-state index < -0.39 is 12.0 Å². The summed E-state index contributed by atoms with van der Waals surface area (Å²) < 4.78 is 10.9. The van der Waals surface area contributed by atoms with Gasteiger partial charge in [0.05, 0.1) is 19.1 Å². The molecule has 132 valence electrons. The number of carbonyl (C=O) groups is 2. The molecule has 25 heavy (non-hydrogen) atoms. The molecule has 1 N–H and O–H groups in total. The summed E-state index contributed by atoms with van der Waals surface area (Å²) in [5.41, 5.74) is 1.97. The van der Waals surface area contributed by atoms with Crippen LogP contribution in [0.5, 0.6) is 11.5 Å². The summed E-state index contributed by atoms with van der Waals surface area (Å²) in [5, 5.41) is 2.80. The van der Waals surface area contributed by atoms with Gasteiger partial charge >= 0.3 is 5.97 Å². The minimum atomic E-state index is -0.440. The van der Waals surface area contributed by atoms with Crippen LogP contribution in [-0.2, 0) is 9.59 Å². The van der Waals surface area contributed by atoms with Gasteiger partial charge in [0.15, 0.2) is 11.5 Å². The van der Waals surface area contributed by atoms with Crippen molar-refractivity contribution < 1.29 is 19.1 Å². The van der Waals surface area contributed by atoms with E-state index in [-0.39, 0.29) is 12.3 Å². The second kappa shape index (κ2) is 8.87. The Bertz CT molecular complexity index is 725. The van der Waals surface area contributed by atoms with Crippen LogP contribution in [0.4, 0.5) is 0 Å². The first-order valence-corrected chi connectivity index (χ1v) is 8.25. The maximum Gasteiger partial charge on any atom is 0.313 e. The Morgan fingerprint density at radius 3 is 2.28 bits per heavy atom. The van der Waals surface area contributed by atoms with Gasteiger partial charge in [-0.3, -0.25) is 9.59 Å². The van der Waals surface area contributed by atoms with E-state index in [0.29, 0.717) is 18.1 Å². The Kier molecular flexibility index (Phi) is 6.57. The highest BCUT2D eigenvalue weighted by Gasteiger charge is 2.19. The number of aryl methyl sites for hydroxylation is 1. The van der Waals surface area contributed by atoms with Gasteiger partial charge in [0, 0.05) is 6.92 Å². The standard InChI is InChI=1S/C20H23NO4/c1-4-24-18-7-5-6-8-19(18)25-20(23)13-17(21-15(3)22)16-11-9-14(2)10-12-16/h5-12,17H,4,13H2,1-3H3,(H,21,22). The predicted octanol–water partition coefficient (Wildman–Crippen LogP) is 3.57. The molecule has 0 aromatic heterocycles. The summed E-state index contributed by atoms with van der Waals surface area (Å²) in [6.07, 6.45) is 0.0309. The molecule has 0 fully saturated rings. The number of nitrogens with one attached hydrogen (secondary N) is 1. The third-order valence-corrected chi connectivity index (χ3v) is 3.60. The highest BCUT2D eigenvalue weighted by molar-refractivity contribution is 5.77. The molecule has 1 unspecified atom stereocenters. The number of esters is 1. The number of carbonyl (C=O) groups excluding carboxylic acids is 2. The first-order chi connectivity index (χ1) is 12.0. The summed E-state index contributed by atoms with van der Waals surface area (Å²) in [6.45, 7) is 5.75. The van der Waals surface area contributed by atoms with Crippen molar-refractivity contribution in [1.29, 1.82) is 0 Å². The van der Waals surface area contributed by atoms with E-state index in [1.165, 1.54) is 6.92 Å². The molecule has 0 heterocycles. The third-order valence-electron chi connectivity index (χ3n) is 3.60. The van der Waals surface area contributed by atoms with Crippen LogP contribution in [-0.4, -0.2) is 18.5 Å². The van der Waals surface area contributed by atoms with Crippen LogP contribution in [0.25, 0.3) is 0 Å². The van der Waals surface area contributed by atoms with Crippen LogP contribution in [0.15, 0.2) is 48.5 Å². The lowest BCUT2D eigenvalue weighted by molar-refractivity contribution is -0.135. The van der Waals surface area contributed by atoms with Crippen molar-refractivity contribution in [3.05, 3.63) is 59.7 Å². The van der Waals surface area contributed by atoms with Gasteiger partial charge in [-0.1, -0.05) is 42.0 Å². The zero-order chi connectivity index (χ0) is 18.2. The summed E-state index contributed by atoms with van der Waals surface area (Å²) in [7, 11) is 0. The fourth-order valence-electron chi connectivity index (χ4n) is 2.44. The summed E-state index contributed by atoms with van der Waals surface area (Å²) in [6, 6.07) is 14.3. The summed E-state index contributed by atoms with van der Waals surface area (Å²) >= 11 is 0. The van der Waals surface area contributed by atoms with Crippen molar-refractivity contribution in [2.75, 3.05) is 6.61 Å². The molecule has 0 aliphatic heterocycles. The average Bonchev–Trinajstić information content (AvgIpc) is 2.56. The number of hydrogen-bond donors (Lipinski definition) is 1. The Hall–Kier alpha value is -2.82. The van der Waals surface area contributed by atoms with Gasteiger partial charge in [-0.2, -0.15) is 0 Å². The number of rotatable bonds is 7. The molecule has 5 heteroatoms. The maximum atomic E-state index is 12.4. The van der Waals surface area contributed by atoms with E-state index in [1.807, 2.05) is 44.2 Å². The molecular formula is C20H23NO4. The summed E-state index contributed by atoms with van der Waals surface area (Å²) in [4.78, 5) is 23.9. The van der Waals surface area contributed by atoms with Crippen LogP contribution in [0.1, 0.15) is 37.4 Å². The number of amides is 1. The Morgan fingerprint density at radius 1 is 1.04 bits per heavy atom. The minimum Gasteiger partial charge on any atom is -0.490 e. The van der Waals surface area contributed by atoms with Crippen molar-refractivity contribution in [2.24, 2.45) is 0 Å². The van der Waals surface area contributed by atoms with Crippen LogP contribution in [0, 0.1) is 6.92 Å². The predicted molar refractivity (Wildman–Crippen MR) is 95.6 cm³/mol. The van der Waals surface area contributed by atoms with Crippen molar-refractivity contribution in [2.45, 2.75) is 33.2 Å². The van der Waals surface area contributed by atoms with E-state index >= 15 is 0 Å². The Morgan fingerprint density at radius 2 is 1.68 bits per heavy atom. The molecular weight excluding hydrogens is 318 g/mol. The monoisotopic (exact) mass is 341 g/mol. The molecule has 0 saturated carbocycles. The van der Waals surface area contributed by atoms with E-state index in [0.717, 1.165) is 11.1 Å². The van der Waals surface area contributed by atoms with Crippen LogP contribution in [0.3, 0.4) is 0 Å². The van der Waals surface area contributed by atoms with E-state index in [1.54, 1.807) is 18.2 Å². The lowest BCUT2D eigenvalue weighted by Gasteiger charge is -2.18. The molecule has 0 aliphatic rings. The lowest BCUT2D eigenvalue weighted by atomic mass is 10.0. The Balaban J connectivity index is 2.11. The van der Waals surface area contributed by atoms with Gasteiger partial charge in [0.1, 0.15) is 0 Å². The average molecular weight is 341 g/mol. The molecule has 0 aliphatic carbocycles. The molecule has 0 bridgehead atoms. The van der Waals surface area contributed by atoms with Crippen LogP contribution < -0.4 is 14.8 Å². The molecule has 2 rings (SSSR count). The first-order valence-electron chi connectivity index (χ1n) is 8.25. The van der Waals surface area contributed by atoms with Crippen molar-refractivity contribution in [3.8, 4) is 11.5 Å². The molecule has 0 spiro atoms. The molecule has 5 nitrogen and oxygen atoms in total. The first kappa shape index (κ1) is 18.5. The van der Waals surface area contributed by atoms with E-state index in [9.17, 15) is 9.59 Å². The molecule has 2 aromatic carbocycles.